The molecule has 0 aliphatic carbocycles. The van der Waals surface area contributed by atoms with Crippen LogP contribution in [0.5, 0.6) is 0 Å². The maximum absolute atomic E-state index is 12.9. The Bertz CT molecular complexity index is 717. The van der Waals surface area contributed by atoms with Crippen LogP contribution in [0.2, 0.25) is 0 Å². The zero-order valence-corrected chi connectivity index (χ0v) is 16.4. The number of carbonyl (C=O) groups is 2. The summed E-state index contributed by atoms with van der Waals surface area (Å²) in [6.07, 6.45) is 1.60. The lowest BCUT2D eigenvalue weighted by atomic mass is 10.2. The number of hydrogen-bond acceptors (Lipinski definition) is 3. The molecular weight excluding hydrogens is 368 g/mol. The molecule has 0 bridgehead atoms. The fourth-order valence-corrected chi connectivity index (χ4v) is 3.39. The van der Waals surface area contributed by atoms with Crippen molar-refractivity contribution in [3.63, 3.8) is 0 Å². The standard InChI is InChI=1S/C20H23ClN2O2S/c1-3-11-22(20(25)16(2)21)15-19(24)23(14-18-10-7-12-26-18)13-17-8-5-4-6-9-17/h3-10,12,16H,1,11,13-15H2,2H3/t16-/m1/s1. The molecule has 1 heterocycles. The maximum atomic E-state index is 12.9. The second-order valence-electron chi connectivity index (χ2n) is 5.94. The van der Waals surface area contributed by atoms with Gasteiger partial charge in [-0.15, -0.1) is 29.5 Å². The minimum absolute atomic E-state index is 0.0138. The van der Waals surface area contributed by atoms with Gasteiger partial charge in [-0.1, -0.05) is 42.5 Å². The summed E-state index contributed by atoms with van der Waals surface area (Å²) in [5.74, 6) is -0.384. The van der Waals surface area contributed by atoms with Crippen molar-refractivity contribution in [3.05, 3.63) is 70.9 Å². The van der Waals surface area contributed by atoms with Gasteiger partial charge in [-0.2, -0.15) is 0 Å². The highest BCUT2D eigenvalue weighted by Crippen LogP contribution is 2.15. The molecule has 0 radical (unpaired) electrons. The van der Waals surface area contributed by atoms with E-state index in [-0.39, 0.29) is 18.4 Å². The minimum atomic E-state index is -0.678. The van der Waals surface area contributed by atoms with Crippen molar-refractivity contribution >= 4 is 34.8 Å². The van der Waals surface area contributed by atoms with Crippen molar-refractivity contribution < 1.29 is 9.59 Å². The lowest BCUT2D eigenvalue weighted by Gasteiger charge is -2.27. The van der Waals surface area contributed by atoms with Crippen LogP contribution < -0.4 is 0 Å². The molecule has 0 saturated carbocycles. The molecule has 6 heteroatoms. The molecule has 1 aromatic carbocycles. The third-order valence-electron chi connectivity index (χ3n) is 3.82. The Balaban J connectivity index is 2.15. The zero-order chi connectivity index (χ0) is 18.9. The van der Waals surface area contributed by atoms with E-state index >= 15 is 0 Å². The van der Waals surface area contributed by atoms with Gasteiger partial charge in [0.05, 0.1) is 6.54 Å². The van der Waals surface area contributed by atoms with Gasteiger partial charge < -0.3 is 9.80 Å². The lowest BCUT2D eigenvalue weighted by molar-refractivity contribution is -0.140. The van der Waals surface area contributed by atoms with Crippen LogP contribution >= 0.6 is 22.9 Å². The van der Waals surface area contributed by atoms with Gasteiger partial charge in [-0.3, -0.25) is 9.59 Å². The van der Waals surface area contributed by atoms with Gasteiger partial charge in [-0.05, 0) is 23.9 Å². The van der Waals surface area contributed by atoms with Crippen LogP contribution in [0, 0.1) is 0 Å². The van der Waals surface area contributed by atoms with Gasteiger partial charge in [0, 0.05) is 18.0 Å². The molecule has 0 N–H and O–H groups in total. The largest absolute Gasteiger partial charge is 0.332 e. The van der Waals surface area contributed by atoms with Crippen LogP contribution in [-0.2, 0) is 22.7 Å². The second kappa shape index (κ2) is 10.1. The van der Waals surface area contributed by atoms with Crippen LogP contribution in [0.15, 0.2) is 60.5 Å². The van der Waals surface area contributed by atoms with E-state index in [0.717, 1.165) is 10.4 Å². The molecule has 0 saturated heterocycles. The Morgan fingerprint density at radius 1 is 1.15 bits per heavy atom. The molecule has 1 aromatic heterocycles. The number of carbonyl (C=O) groups excluding carboxylic acids is 2. The van der Waals surface area contributed by atoms with Gasteiger partial charge in [0.2, 0.25) is 11.8 Å². The number of amides is 2. The third kappa shape index (κ3) is 6.00. The van der Waals surface area contributed by atoms with Crippen molar-refractivity contribution in [3.8, 4) is 0 Å². The molecular formula is C20H23ClN2O2S. The van der Waals surface area contributed by atoms with Crippen molar-refractivity contribution in [2.24, 2.45) is 0 Å². The molecule has 0 aliphatic rings. The number of thiophene rings is 1. The zero-order valence-electron chi connectivity index (χ0n) is 14.8. The fourth-order valence-electron chi connectivity index (χ4n) is 2.53. The highest BCUT2D eigenvalue weighted by molar-refractivity contribution is 7.09. The first-order valence-corrected chi connectivity index (χ1v) is 9.70. The van der Waals surface area contributed by atoms with E-state index in [9.17, 15) is 9.59 Å². The number of rotatable bonds is 9. The van der Waals surface area contributed by atoms with Crippen LogP contribution in [-0.4, -0.2) is 40.1 Å². The van der Waals surface area contributed by atoms with Crippen molar-refractivity contribution in [1.29, 1.82) is 0 Å². The average molecular weight is 391 g/mol. The normalized spacial score (nSPS) is 11.6. The summed E-state index contributed by atoms with van der Waals surface area (Å²) >= 11 is 7.53. The Hall–Kier alpha value is -2.11. The smallest absolute Gasteiger partial charge is 0.242 e. The SMILES string of the molecule is C=CCN(CC(=O)N(Cc1ccccc1)Cc1cccs1)C(=O)[C@@H](C)Cl. The fraction of sp³-hybridized carbons (Fsp3) is 0.300. The van der Waals surface area contributed by atoms with Gasteiger partial charge in [0.15, 0.2) is 0 Å². The molecule has 2 rings (SSSR count). The number of benzene rings is 1. The second-order valence-corrected chi connectivity index (χ2v) is 7.63. The number of halogens is 1. The summed E-state index contributed by atoms with van der Waals surface area (Å²) in [6, 6.07) is 13.8. The molecule has 4 nitrogen and oxygen atoms in total. The van der Waals surface area contributed by atoms with E-state index in [1.807, 2.05) is 47.8 Å². The lowest BCUT2D eigenvalue weighted by Crippen LogP contribution is -2.44. The van der Waals surface area contributed by atoms with Crippen molar-refractivity contribution in [2.45, 2.75) is 25.4 Å². The van der Waals surface area contributed by atoms with E-state index < -0.39 is 5.38 Å². The minimum Gasteiger partial charge on any atom is -0.332 e. The highest BCUT2D eigenvalue weighted by atomic mass is 35.5. The molecule has 0 unspecified atom stereocenters. The molecule has 0 aliphatic heterocycles. The van der Waals surface area contributed by atoms with Crippen LogP contribution in [0.25, 0.3) is 0 Å². The van der Waals surface area contributed by atoms with E-state index in [0.29, 0.717) is 19.6 Å². The summed E-state index contributed by atoms with van der Waals surface area (Å²) in [6.45, 7) is 6.55. The topological polar surface area (TPSA) is 40.6 Å². The summed E-state index contributed by atoms with van der Waals surface area (Å²) in [5, 5.41) is 1.31. The summed E-state index contributed by atoms with van der Waals surface area (Å²) < 4.78 is 0. The van der Waals surface area contributed by atoms with E-state index in [2.05, 4.69) is 6.58 Å². The number of alkyl halides is 1. The van der Waals surface area contributed by atoms with E-state index in [1.54, 1.807) is 29.2 Å². The molecule has 0 spiro atoms. The third-order valence-corrected chi connectivity index (χ3v) is 4.87. The highest BCUT2D eigenvalue weighted by Gasteiger charge is 2.23. The molecule has 26 heavy (non-hydrogen) atoms. The quantitative estimate of drug-likeness (QED) is 0.481. The van der Waals surface area contributed by atoms with Crippen LogP contribution in [0.4, 0.5) is 0 Å². The van der Waals surface area contributed by atoms with Crippen LogP contribution in [0.1, 0.15) is 17.4 Å². The Kier molecular flexibility index (Phi) is 7.88. The predicted molar refractivity (Wildman–Crippen MR) is 107 cm³/mol. The summed E-state index contributed by atoms with van der Waals surface area (Å²) in [7, 11) is 0. The van der Waals surface area contributed by atoms with Gasteiger partial charge >= 0.3 is 0 Å². The van der Waals surface area contributed by atoms with Gasteiger partial charge in [0.25, 0.3) is 0 Å². The van der Waals surface area contributed by atoms with E-state index in [4.69, 9.17) is 11.6 Å². The average Bonchev–Trinajstić information content (AvgIpc) is 3.14. The monoisotopic (exact) mass is 390 g/mol. The first-order valence-electron chi connectivity index (χ1n) is 8.39. The van der Waals surface area contributed by atoms with Gasteiger partial charge in [0.1, 0.15) is 11.9 Å². The first kappa shape index (κ1) is 20.2. The van der Waals surface area contributed by atoms with Crippen molar-refractivity contribution in [1.82, 2.24) is 9.80 Å². The Morgan fingerprint density at radius 3 is 2.46 bits per heavy atom. The summed E-state index contributed by atoms with van der Waals surface area (Å²) in [4.78, 5) is 29.5. The van der Waals surface area contributed by atoms with Crippen molar-refractivity contribution in [2.75, 3.05) is 13.1 Å². The summed E-state index contributed by atoms with van der Waals surface area (Å²) in [5.41, 5.74) is 1.05. The van der Waals surface area contributed by atoms with Crippen LogP contribution in [0.3, 0.4) is 0 Å². The molecule has 2 aromatic rings. The first-order chi connectivity index (χ1) is 12.5. The molecule has 138 valence electrons. The predicted octanol–water partition coefficient (Wildman–Crippen LogP) is 3.92. The van der Waals surface area contributed by atoms with Gasteiger partial charge in [-0.25, -0.2) is 0 Å². The number of nitrogens with zero attached hydrogens (tertiary/aromatic N) is 2. The molecule has 1 atom stereocenters. The number of hydrogen-bond donors (Lipinski definition) is 0. The van der Waals surface area contributed by atoms with E-state index in [1.165, 1.54) is 4.90 Å². The maximum Gasteiger partial charge on any atom is 0.242 e. The Morgan fingerprint density at radius 2 is 1.88 bits per heavy atom. The Labute approximate surface area is 163 Å². The molecule has 0 fully saturated rings. The molecule has 2 amide bonds.